The summed E-state index contributed by atoms with van der Waals surface area (Å²) < 4.78 is 0. The Kier molecular flexibility index (Phi) is 4.99. The van der Waals surface area contributed by atoms with E-state index in [1.807, 2.05) is 6.07 Å². The summed E-state index contributed by atoms with van der Waals surface area (Å²) in [6.45, 7) is 0.399. The number of benzene rings is 2. The molecule has 21 heavy (non-hydrogen) atoms. The van der Waals surface area contributed by atoms with Gasteiger partial charge in [0.2, 0.25) is 0 Å². The Morgan fingerprint density at radius 2 is 1.76 bits per heavy atom. The van der Waals surface area contributed by atoms with E-state index < -0.39 is 0 Å². The number of halogens is 3. The van der Waals surface area contributed by atoms with Gasteiger partial charge in [0.25, 0.3) is 5.91 Å². The lowest BCUT2D eigenvalue weighted by Crippen LogP contribution is -2.26. The van der Waals surface area contributed by atoms with Crippen LogP contribution in [0.15, 0.2) is 36.4 Å². The molecule has 0 aliphatic carbocycles. The number of nitrogens with zero attached hydrogens (tertiary/aromatic N) is 1. The van der Waals surface area contributed by atoms with Crippen molar-refractivity contribution in [3.8, 4) is 0 Å². The summed E-state index contributed by atoms with van der Waals surface area (Å²) in [5.41, 5.74) is 7.43. The molecule has 0 fully saturated rings. The Morgan fingerprint density at radius 1 is 1.05 bits per heavy atom. The Hall–Kier alpha value is -1.42. The molecule has 0 bridgehead atoms. The standard InChI is InChI=1S/C15H13Cl3N2O/c1-20(8-9-2-5-12(16)14(18)6-9)15(21)11-4-3-10(19)7-13(11)17/h2-7H,8,19H2,1H3. The largest absolute Gasteiger partial charge is 0.399 e. The first-order valence-corrected chi connectivity index (χ1v) is 7.26. The van der Waals surface area contributed by atoms with Gasteiger partial charge in [-0.3, -0.25) is 4.79 Å². The third kappa shape index (κ3) is 3.82. The van der Waals surface area contributed by atoms with E-state index in [9.17, 15) is 4.79 Å². The van der Waals surface area contributed by atoms with Crippen molar-refractivity contribution >= 4 is 46.4 Å². The highest BCUT2D eigenvalue weighted by molar-refractivity contribution is 6.42. The Labute approximate surface area is 138 Å². The van der Waals surface area contributed by atoms with Crippen LogP contribution in [-0.2, 0) is 6.54 Å². The number of nitrogen functional groups attached to an aromatic ring is 1. The predicted molar refractivity (Wildman–Crippen MR) is 88.1 cm³/mol. The molecule has 3 nitrogen and oxygen atoms in total. The topological polar surface area (TPSA) is 46.3 Å². The molecule has 0 heterocycles. The number of carbonyl (C=O) groups is 1. The number of hydrogen-bond acceptors (Lipinski definition) is 2. The van der Waals surface area contributed by atoms with Crippen molar-refractivity contribution in [3.05, 3.63) is 62.6 Å². The predicted octanol–water partition coefficient (Wildman–Crippen LogP) is 4.50. The molecule has 110 valence electrons. The second-order valence-electron chi connectivity index (χ2n) is 4.65. The number of nitrogens with two attached hydrogens (primary N) is 1. The van der Waals surface area contributed by atoms with Crippen LogP contribution in [0, 0.1) is 0 Å². The second-order valence-corrected chi connectivity index (χ2v) is 5.87. The molecular weight excluding hydrogens is 331 g/mol. The average Bonchev–Trinajstić information content (AvgIpc) is 2.42. The van der Waals surface area contributed by atoms with Gasteiger partial charge in [-0.2, -0.15) is 0 Å². The Bertz CT molecular complexity index is 689. The maximum atomic E-state index is 12.4. The fourth-order valence-corrected chi connectivity index (χ4v) is 2.48. The van der Waals surface area contributed by atoms with E-state index in [1.165, 1.54) is 0 Å². The monoisotopic (exact) mass is 342 g/mol. The van der Waals surface area contributed by atoms with Gasteiger partial charge in [0.15, 0.2) is 0 Å². The zero-order valence-electron chi connectivity index (χ0n) is 11.2. The zero-order chi connectivity index (χ0) is 15.6. The van der Waals surface area contributed by atoms with Crippen LogP contribution >= 0.6 is 34.8 Å². The van der Waals surface area contributed by atoms with Crippen LogP contribution in [0.4, 0.5) is 5.69 Å². The van der Waals surface area contributed by atoms with Crippen molar-refractivity contribution in [1.29, 1.82) is 0 Å². The van der Waals surface area contributed by atoms with Crippen LogP contribution in [0.3, 0.4) is 0 Å². The Balaban J connectivity index is 2.17. The van der Waals surface area contributed by atoms with Crippen LogP contribution in [0.1, 0.15) is 15.9 Å². The first-order valence-electron chi connectivity index (χ1n) is 6.13. The van der Waals surface area contributed by atoms with Crippen molar-refractivity contribution < 1.29 is 4.79 Å². The second kappa shape index (κ2) is 6.56. The van der Waals surface area contributed by atoms with Gasteiger partial charge in [-0.1, -0.05) is 40.9 Å². The summed E-state index contributed by atoms with van der Waals surface area (Å²) in [4.78, 5) is 13.9. The minimum atomic E-state index is -0.189. The lowest BCUT2D eigenvalue weighted by molar-refractivity contribution is 0.0785. The van der Waals surface area contributed by atoms with E-state index in [4.69, 9.17) is 40.5 Å². The van der Waals surface area contributed by atoms with Crippen LogP contribution < -0.4 is 5.73 Å². The molecule has 2 aromatic rings. The Morgan fingerprint density at radius 3 is 2.38 bits per heavy atom. The maximum Gasteiger partial charge on any atom is 0.255 e. The third-order valence-corrected chi connectivity index (χ3v) is 4.03. The van der Waals surface area contributed by atoms with Gasteiger partial charge in [-0.15, -0.1) is 0 Å². The first-order chi connectivity index (χ1) is 9.88. The maximum absolute atomic E-state index is 12.4. The van der Waals surface area contributed by atoms with Crippen LogP contribution in [0.25, 0.3) is 0 Å². The van der Waals surface area contributed by atoms with E-state index >= 15 is 0 Å². The van der Waals surface area contributed by atoms with Gasteiger partial charge >= 0.3 is 0 Å². The SMILES string of the molecule is CN(Cc1ccc(Cl)c(Cl)c1)C(=O)c1ccc(N)cc1Cl. The summed E-state index contributed by atoms with van der Waals surface area (Å²) in [5.74, 6) is -0.189. The third-order valence-electron chi connectivity index (χ3n) is 2.97. The van der Waals surface area contributed by atoms with Crippen molar-refractivity contribution in [3.63, 3.8) is 0 Å². The van der Waals surface area contributed by atoms with E-state index in [0.717, 1.165) is 5.56 Å². The van der Waals surface area contributed by atoms with Crippen LogP contribution in [0.2, 0.25) is 15.1 Å². The van der Waals surface area contributed by atoms with Crippen molar-refractivity contribution in [2.24, 2.45) is 0 Å². The van der Waals surface area contributed by atoms with Crippen molar-refractivity contribution in [1.82, 2.24) is 4.90 Å². The van der Waals surface area contributed by atoms with Gasteiger partial charge in [0.05, 0.1) is 20.6 Å². The molecule has 0 atom stereocenters. The molecule has 2 rings (SSSR count). The van der Waals surface area contributed by atoms with Gasteiger partial charge in [0.1, 0.15) is 0 Å². The summed E-state index contributed by atoms with van der Waals surface area (Å²) in [5, 5.41) is 1.28. The number of anilines is 1. The van der Waals surface area contributed by atoms with Gasteiger partial charge in [0, 0.05) is 19.3 Å². The molecule has 1 amide bonds. The summed E-state index contributed by atoms with van der Waals surface area (Å²) in [6, 6.07) is 10.1. The first kappa shape index (κ1) is 16.0. The molecule has 2 N–H and O–H groups in total. The number of carbonyl (C=O) groups excluding carboxylic acids is 1. The van der Waals surface area contributed by atoms with E-state index in [-0.39, 0.29) is 5.91 Å². The molecule has 0 aliphatic rings. The fraction of sp³-hybridized carbons (Fsp3) is 0.133. The molecule has 0 aliphatic heterocycles. The summed E-state index contributed by atoms with van der Waals surface area (Å²) in [6.07, 6.45) is 0. The molecule has 0 unspecified atom stereocenters. The minimum absolute atomic E-state index is 0.189. The highest BCUT2D eigenvalue weighted by Crippen LogP contribution is 2.24. The summed E-state index contributed by atoms with van der Waals surface area (Å²) in [7, 11) is 1.69. The number of hydrogen-bond donors (Lipinski definition) is 1. The lowest BCUT2D eigenvalue weighted by atomic mass is 10.1. The van der Waals surface area contributed by atoms with E-state index in [0.29, 0.717) is 32.9 Å². The van der Waals surface area contributed by atoms with Gasteiger partial charge in [-0.05, 0) is 35.9 Å². The minimum Gasteiger partial charge on any atom is -0.399 e. The van der Waals surface area contributed by atoms with Crippen LogP contribution in [0.5, 0.6) is 0 Å². The lowest BCUT2D eigenvalue weighted by Gasteiger charge is -2.18. The van der Waals surface area contributed by atoms with E-state index in [2.05, 4.69) is 0 Å². The quantitative estimate of drug-likeness (QED) is 0.834. The molecule has 0 saturated carbocycles. The summed E-state index contributed by atoms with van der Waals surface area (Å²) >= 11 is 17.9. The molecule has 0 aromatic heterocycles. The van der Waals surface area contributed by atoms with Gasteiger partial charge in [-0.25, -0.2) is 0 Å². The molecule has 0 radical (unpaired) electrons. The zero-order valence-corrected chi connectivity index (χ0v) is 13.5. The highest BCUT2D eigenvalue weighted by Gasteiger charge is 2.15. The molecule has 2 aromatic carbocycles. The van der Waals surface area contributed by atoms with Gasteiger partial charge < -0.3 is 10.6 Å². The number of rotatable bonds is 3. The highest BCUT2D eigenvalue weighted by atomic mass is 35.5. The molecule has 0 saturated heterocycles. The average molecular weight is 344 g/mol. The van der Waals surface area contributed by atoms with Crippen molar-refractivity contribution in [2.45, 2.75) is 6.54 Å². The van der Waals surface area contributed by atoms with Crippen molar-refractivity contribution in [2.75, 3.05) is 12.8 Å². The molecule has 0 spiro atoms. The van der Waals surface area contributed by atoms with E-state index in [1.54, 1.807) is 42.3 Å². The molecule has 6 heteroatoms. The van der Waals surface area contributed by atoms with Crippen LogP contribution in [-0.4, -0.2) is 17.9 Å². The fourth-order valence-electron chi connectivity index (χ4n) is 1.89. The molecular formula is C15H13Cl3N2O. The normalized spacial score (nSPS) is 10.5. The number of amides is 1. The smallest absolute Gasteiger partial charge is 0.255 e.